The maximum atomic E-state index is 14.4. The molecule has 1 heterocycles. The number of fused-ring (bicyclic) bond motifs is 1. The number of benzene rings is 1. The van der Waals surface area contributed by atoms with Crippen LogP contribution < -0.4 is 5.63 Å². The Hall–Kier alpha value is -1.97. The summed E-state index contributed by atoms with van der Waals surface area (Å²) in [4.78, 5) is 11.1. The standard InChI is InChI=1S/C19H22F2O2/c1-13(12-18(2,3)4)9-10-19(20,21)15-6-7-16-14(11-15)5-8-17(22)23-16/h5-9,11H,10,12H2,1-4H3/b13-9+. The van der Waals surface area contributed by atoms with E-state index >= 15 is 0 Å². The summed E-state index contributed by atoms with van der Waals surface area (Å²) in [5.41, 5.74) is 0.799. The lowest BCUT2D eigenvalue weighted by Crippen LogP contribution is -2.13. The third kappa shape index (κ3) is 4.75. The highest BCUT2D eigenvalue weighted by Gasteiger charge is 2.30. The minimum absolute atomic E-state index is 0.0707. The van der Waals surface area contributed by atoms with Gasteiger partial charge in [-0.05, 0) is 43.0 Å². The van der Waals surface area contributed by atoms with E-state index < -0.39 is 11.5 Å². The highest BCUT2D eigenvalue weighted by atomic mass is 19.3. The van der Waals surface area contributed by atoms with Crippen LogP contribution >= 0.6 is 0 Å². The predicted molar refractivity (Wildman–Crippen MR) is 88.8 cm³/mol. The van der Waals surface area contributed by atoms with E-state index in [4.69, 9.17) is 4.42 Å². The predicted octanol–water partition coefficient (Wildman–Crippen LogP) is 5.66. The van der Waals surface area contributed by atoms with Gasteiger partial charge in [0.25, 0.3) is 5.92 Å². The molecule has 0 atom stereocenters. The van der Waals surface area contributed by atoms with Crippen molar-refractivity contribution in [3.05, 3.63) is 58.0 Å². The van der Waals surface area contributed by atoms with Gasteiger partial charge in [0.05, 0.1) is 0 Å². The minimum atomic E-state index is -2.95. The summed E-state index contributed by atoms with van der Waals surface area (Å²) < 4.78 is 33.8. The minimum Gasteiger partial charge on any atom is -0.423 e. The average Bonchev–Trinajstić information content (AvgIpc) is 2.43. The van der Waals surface area contributed by atoms with Gasteiger partial charge in [-0.15, -0.1) is 0 Å². The van der Waals surface area contributed by atoms with Crippen LogP contribution in [0.4, 0.5) is 8.78 Å². The van der Waals surface area contributed by atoms with Crippen LogP contribution in [0.25, 0.3) is 11.0 Å². The van der Waals surface area contributed by atoms with Gasteiger partial charge in [0.15, 0.2) is 0 Å². The zero-order valence-electron chi connectivity index (χ0n) is 14.0. The van der Waals surface area contributed by atoms with Crippen LogP contribution in [0, 0.1) is 5.41 Å². The molecule has 0 saturated carbocycles. The molecule has 0 fully saturated rings. The van der Waals surface area contributed by atoms with Gasteiger partial charge in [0.1, 0.15) is 5.58 Å². The fraction of sp³-hybridized carbons (Fsp3) is 0.421. The number of hydrogen-bond donors (Lipinski definition) is 0. The number of allylic oxidation sites excluding steroid dienone is 2. The van der Waals surface area contributed by atoms with E-state index in [1.807, 2.05) is 6.92 Å². The summed E-state index contributed by atoms with van der Waals surface area (Å²) >= 11 is 0. The molecule has 0 unspecified atom stereocenters. The molecule has 2 rings (SSSR count). The Kier molecular flexibility index (Phi) is 4.73. The maximum absolute atomic E-state index is 14.4. The summed E-state index contributed by atoms with van der Waals surface area (Å²) in [6.45, 7) is 8.13. The molecule has 1 aromatic carbocycles. The van der Waals surface area contributed by atoms with E-state index in [0.29, 0.717) is 11.0 Å². The summed E-state index contributed by atoms with van der Waals surface area (Å²) in [5, 5.41) is 0.497. The van der Waals surface area contributed by atoms with Gasteiger partial charge in [-0.3, -0.25) is 0 Å². The molecular formula is C19H22F2O2. The molecule has 0 aliphatic rings. The van der Waals surface area contributed by atoms with Crippen molar-refractivity contribution in [1.82, 2.24) is 0 Å². The number of hydrogen-bond acceptors (Lipinski definition) is 2. The van der Waals surface area contributed by atoms with Gasteiger partial charge in [0, 0.05) is 23.4 Å². The number of alkyl halides is 2. The van der Waals surface area contributed by atoms with Gasteiger partial charge >= 0.3 is 5.63 Å². The van der Waals surface area contributed by atoms with E-state index in [1.165, 1.54) is 30.3 Å². The molecule has 2 aromatic rings. The summed E-state index contributed by atoms with van der Waals surface area (Å²) in [5.74, 6) is -2.95. The fourth-order valence-electron chi connectivity index (χ4n) is 2.63. The highest BCUT2D eigenvalue weighted by molar-refractivity contribution is 5.77. The van der Waals surface area contributed by atoms with Crippen LogP contribution in [0.1, 0.15) is 46.1 Å². The van der Waals surface area contributed by atoms with Gasteiger partial charge < -0.3 is 4.42 Å². The van der Waals surface area contributed by atoms with E-state index in [1.54, 1.807) is 6.08 Å². The second kappa shape index (κ2) is 6.26. The first kappa shape index (κ1) is 17.4. The topological polar surface area (TPSA) is 30.2 Å². The molecule has 23 heavy (non-hydrogen) atoms. The lowest BCUT2D eigenvalue weighted by molar-refractivity contribution is -0.00110. The van der Waals surface area contributed by atoms with Crippen molar-refractivity contribution in [3.8, 4) is 0 Å². The quantitative estimate of drug-likeness (QED) is 0.537. The first-order valence-corrected chi connectivity index (χ1v) is 7.65. The van der Waals surface area contributed by atoms with Crippen molar-refractivity contribution in [1.29, 1.82) is 0 Å². The van der Waals surface area contributed by atoms with Gasteiger partial charge in [0.2, 0.25) is 0 Å². The number of halogens is 2. The lowest BCUT2D eigenvalue weighted by Gasteiger charge is -2.20. The Morgan fingerprint density at radius 2 is 1.87 bits per heavy atom. The molecule has 0 radical (unpaired) electrons. The molecule has 124 valence electrons. The summed E-state index contributed by atoms with van der Waals surface area (Å²) in [6.07, 6.45) is 2.06. The van der Waals surface area contributed by atoms with Crippen molar-refractivity contribution >= 4 is 11.0 Å². The summed E-state index contributed by atoms with van der Waals surface area (Å²) in [6, 6.07) is 6.86. The zero-order chi connectivity index (χ0) is 17.3. The summed E-state index contributed by atoms with van der Waals surface area (Å²) in [7, 11) is 0. The second-order valence-corrected chi connectivity index (χ2v) is 7.20. The normalized spacial score (nSPS) is 13.6. The molecule has 0 N–H and O–H groups in total. The molecule has 0 aliphatic heterocycles. The average molecular weight is 320 g/mol. The van der Waals surface area contributed by atoms with Crippen molar-refractivity contribution < 1.29 is 13.2 Å². The third-order valence-corrected chi connectivity index (χ3v) is 3.56. The molecular weight excluding hydrogens is 298 g/mol. The molecule has 0 spiro atoms. The Morgan fingerprint density at radius 3 is 2.52 bits per heavy atom. The Labute approximate surface area is 134 Å². The second-order valence-electron chi connectivity index (χ2n) is 7.20. The first-order chi connectivity index (χ1) is 10.6. The largest absolute Gasteiger partial charge is 0.423 e. The van der Waals surface area contributed by atoms with Gasteiger partial charge in [-0.1, -0.05) is 32.4 Å². The van der Waals surface area contributed by atoms with Crippen LogP contribution in [0.2, 0.25) is 0 Å². The Bertz CT molecular complexity index is 780. The van der Waals surface area contributed by atoms with Crippen molar-refractivity contribution in [3.63, 3.8) is 0 Å². The maximum Gasteiger partial charge on any atom is 0.336 e. The Morgan fingerprint density at radius 1 is 1.17 bits per heavy atom. The first-order valence-electron chi connectivity index (χ1n) is 7.65. The zero-order valence-corrected chi connectivity index (χ0v) is 14.0. The lowest BCUT2D eigenvalue weighted by atomic mass is 9.88. The number of rotatable bonds is 4. The van der Waals surface area contributed by atoms with Crippen molar-refractivity contribution in [2.75, 3.05) is 0 Å². The van der Waals surface area contributed by atoms with Crippen LogP contribution in [-0.2, 0) is 5.92 Å². The van der Waals surface area contributed by atoms with E-state index in [2.05, 4.69) is 20.8 Å². The van der Waals surface area contributed by atoms with E-state index in [9.17, 15) is 13.6 Å². The van der Waals surface area contributed by atoms with E-state index in [0.717, 1.165) is 12.0 Å². The van der Waals surface area contributed by atoms with Crippen molar-refractivity contribution in [2.24, 2.45) is 5.41 Å². The highest BCUT2D eigenvalue weighted by Crippen LogP contribution is 2.35. The van der Waals surface area contributed by atoms with Crippen molar-refractivity contribution in [2.45, 2.75) is 46.5 Å². The molecule has 0 aliphatic carbocycles. The van der Waals surface area contributed by atoms with Crippen LogP contribution in [0.5, 0.6) is 0 Å². The van der Waals surface area contributed by atoms with E-state index in [-0.39, 0.29) is 17.4 Å². The van der Waals surface area contributed by atoms with Gasteiger partial charge in [-0.25, -0.2) is 13.6 Å². The van der Waals surface area contributed by atoms with Gasteiger partial charge in [-0.2, -0.15) is 0 Å². The molecule has 0 amide bonds. The molecule has 0 bridgehead atoms. The SMILES string of the molecule is C/C(=C\CC(F)(F)c1ccc2oc(=O)ccc2c1)CC(C)(C)C. The molecule has 4 heteroatoms. The van der Waals surface area contributed by atoms with Crippen LogP contribution in [0.15, 0.2) is 51.2 Å². The monoisotopic (exact) mass is 320 g/mol. The fourth-order valence-corrected chi connectivity index (χ4v) is 2.63. The third-order valence-electron chi connectivity index (χ3n) is 3.56. The van der Waals surface area contributed by atoms with Crippen LogP contribution in [0.3, 0.4) is 0 Å². The Balaban J connectivity index is 2.23. The van der Waals surface area contributed by atoms with Crippen LogP contribution in [-0.4, -0.2) is 0 Å². The molecule has 0 saturated heterocycles. The molecule has 2 nitrogen and oxygen atoms in total. The molecule has 1 aromatic heterocycles. The smallest absolute Gasteiger partial charge is 0.336 e.